The normalized spacial score (nSPS) is 14.6. The molecule has 1 aliphatic rings. The minimum absolute atomic E-state index is 0.175. The van der Waals surface area contributed by atoms with Crippen LogP contribution in [0.15, 0.2) is 46.5 Å². The predicted molar refractivity (Wildman–Crippen MR) is 103 cm³/mol. The van der Waals surface area contributed by atoms with Crippen LogP contribution in [0.4, 0.5) is 5.95 Å². The van der Waals surface area contributed by atoms with E-state index in [-0.39, 0.29) is 11.7 Å². The summed E-state index contributed by atoms with van der Waals surface area (Å²) < 4.78 is 5.36. The fraction of sp³-hybridized carbons (Fsp3) is 0.333. The zero-order chi connectivity index (χ0) is 18.2. The summed E-state index contributed by atoms with van der Waals surface area (Å²) in [5.41, 5.74) is 4.35. The first-order valence-corrected chi connectivity index (χ1v) is 9.37. The molecule has 136 valence electrons. The number of aromatic nitrogens is 2. The van der Waals surface area contributed by atoms with Gasteiger partial charge in [0.05, 0.1) is 25.2 Å². The van der Waals surface area contributed by atoms with E-state index in [0.29, 0.717) is 19.2 Å². The number of hydrazone groups is 1. The molecule has 0 atom stereocenters. The van der Waals surface area contributed by atoms with Crippen molar-refractivity contribution in [3.63, 3.8) is 0 Å². The Morgan fingerprint density at radius 3 is 2.85 bits per heavy atom. The van der Waals surface area contributed by atoms with E-state index in [1.807, 2.05) is 43.3 Å². The number of carbonyl (C=O) groups excluding carboxylic acids is 1. The highest BCUT2D eigenvalue weighted by Gasteiger charge is 2.15. The lowest BCUT2D eigenvalue weighted by molar-refractivity contribution is -0.118. The Labute approximate surface area is 156 Å². The summed E-state index contributed by atoms with van der Waals surface area (Å²) >= 11 is 1.37. The molecule has 0 spiro atoms. The number of anilines is 1. The van der Waals surface area contributed by atoms with Gasteiger partial charge in [0.25, 0.3) is 0 Å². The van der Waals surface area contributed by atoms with Crippen LogP contribution < -0.4 is 10.3 Å². The Kier molecular flexibility index (Phi) is 6.56. The monoisotopic (exact) mass is 371 g/mol. The third-order valence-corrected chi connectivity index (χ3v) is 4.58. The molecule has 1 saturated heterocycles. The average molecular weight is 371 g/mol. The van der Waals surface area contributed by atoms with Gasteiger partial charge in [0, 0.05) is 18.8 Å². The molecule has 3 rings (SSSR count). The molecule has 0 radical (unpaired) electrons. The van der Waals surface area contributed by atoms with Crippen molar-refractivity contribution < 1.29 is 9.53 Å². The summed E-state index contributed by atoms with van der Waals surface area (Å²) in [6.45, 7) is 4.85. The second-order valence-electron chi connectivity index (χ2n) is 5.74. The summed E-state index contributed by atoms with van der Waals surface area (Å²) in [4.78, 5) is 23.1. The third kappa shape index (κ3) is 5.53. The number of nitrogens with zero attached hydrogens (tertiary/aromatic N) is 4. The van der Waals surface area contributed by atoms with Crippen LogP contribution in [0.25, 0.3) is 0 Å². The van der Waals surface area contributed by atoms with Crippen molar-refractivity contribution in [3.05, 3.63) is 47.7 Å². The molecule has 0 bridgehead atoms. The highest BCUT2D eigenvalue weighted by atomic mass is 32.2. The standard InChI is InChI=1S/C18H21N5O2S/c1-14-11-17(21-18(20-14)23-7-9-25-10-8-23)26-13-16(24)22-19-12-15-5-3-2-4-6-15/h2-6,11-12H,7-10,13H2,1H3,(H,22,24). The van der Waals surface area contributed by atoms with E-state index in [4.69, 9.17) is 4.74 Å². The first-order valence-electron chi connectivity index (χ1n) is 8.39. The van der Waals surface area contributed by atoms with Crippen LogP contribution in [0.2, 0.25) is 0 Å². The van der Waals surface area contributed by atoms with Crippen molar-refractivity contribution in [2.24, 2.45) is 5.10 Å². The molecule has 26 heavy (non-hydrogen) atoms. The molecule has 0 unspecified atom stereocenters. The van der Waals surface area contributed by atoms with Gasteiger partial charge in [-0.15, -0.1) is 0 Å². The van der Waals surface area contributed by atoms with Crippen LogP contribution in [-0.4, -0.2) is 54.1 Å². The highest BCUT2D eigenvalue weighted by molar-refractivity contribution is 7.99. The van der Waals surface area contributed by atoms with Gasteiger partial charge in [-0.05, 0) is 18.6 Å². The number of aryl methyl sites for hydroxylation is 1. The van der Waals surface area contributed by atoms with E-state index < -0.39 is 0 Å². The second-order valence-corrected chi connectivity index (χ2v) is 6.74. The quantitative estimate of drug-likeness (QED) is 0.361. The SMILES string of the molecule is Cc1cc(SCC(=O)NN=Cc2ccccc2)nc(N2CCOCC2)n1. The molecule has 7 nitrogen and oxygen atoms in total. The lowest BCUT2D eigenvalue weighted by Crippen LogP contribution is -2.37. The Balaban J connectivity index is 1.53. The van der Waals surface area contributed by atoms with E-state index in [1.54, 1.807) is 6.21 Å². The lowest BCUT2D eigenvalue weighted by atomic mass is 10.2. The molecular formula is C18H21N5O2S. The molecule has 2 heterocycles. The smallest absolute Gasteiger partial charge is 0.250 e. The number of hydrogen-bond donors (Lipinski definition) is 1. The van der Waals surface area contributed by atoms with Crippen LogP contribution >= 0.6 is 11.8 Å². The van der Waals surface area contributed by atoms with Crippen molar-refractivity contribution in [3.8, 4) is 0 Å². The van der Waals surface area contributed by atoms with Crippen molar-refractivity contribution in [2.75, 3.05) is 37.0 Å². The average Bonchev–Trinajstić information content (AvgIpc) is 2.67. The topological polar surface area (TPSA) is 79.7 Å². The Morgan fingerprint density at radius 2 is 2.08 bits per heavy atom. The molecule has 2 aromatic rings. The molecule has 1 aliphatic heterocycles. The van der Waals surface area contributed by atoms with Crippen molar-refractivity contribution in [1.29, 1.82) is 0 Å². The summed E-state index contributed by atoms with van der Waals surface area (Å²) in [6.07, 6.45) is 1.62. The van der Waals surface area contributed by atoms with E-state index >= 15 is 0 Å². The van der Waals surface area contributed by atoms with E-state index in [1.165, 1.54) is 11.8 Å². The number of rotatable bonds is 6. The van der Waals surface area contributed by atoms with Gasteiger partial charge in [-0.25, -0.2) is 15.4 Å². The number of ether oxygens (including phenoxy) is 1. The number of nitrogens with one attached hydrogen (secondary N) is 1. The van der Waals surface area contributed by atoms with Crippen molar-refractivity contribution >= 4 is 29.8 Å². The van der Waals surface area contributed by atoms with Crippen LogP contribution in [0.1, 0.15) is 11.3 Å². The molecule has 1 N–H and O–H groups in total. The molecule has 8 heteroatoms. The number of morpholine rings is 1. The van der Waals surface area contributed by atoms with E-state index in [2.05, 4.69) is 25.4 Å². The maximum Gasteiger partial charge on any atom is 0.250 e. The van der Waals surface area contributed by atoms with Crippen LogP contribution in [0.5, 0.6) is 0 Å². The lowest BCUT2D eigenvalue weighted by Gasteiger charge is -2.27. The fourth-order valence-corrected chi connectivity index (χ4v) is 3.14. The molecule has 1 fully saturated rings. The number of hydrogen-bond acceptors (Lipinski definition) is 7. The Morgan fingerprint density at radius 1 is 1.31 bits per heavy atom. The minimum Gasteiger partial charge on any atom is -0.378 e. The van der Waals surface area contributed by atoms with Gasteiger partial charge in [-0.2, -0.15) is 5.10 Å². The van der Waals surface area contributed by atoms with Gasteiger partial charge in [0.1, 0.15) is 5.03 Å². The summed E-state index contributed by atoms with van der Waals surface area (Å²) in [6, 6.07) is 11.5. The first-order chi connectivity index (χ1) is 12.7. The van der Waals surface area contributed by atoms with Gasteiger partial charge >= 0.3 is 0 Å². The Bertz CT molecular complexity index is 763. The zero-order valence-corrected chi connectivity index (χ0v) is 15.4. The van der Waals surface area contributed by atoms with E-state index in [0.717, 1.165) is 29.4 Å². The predicted octanol–water partition coefficient (Wildman–Crippen LogP) is 1.86. The molecule has 1 aromatic heterocycles. The van der Waals surface area contributed by atoms with Gasteiger partial charge in [-0.1, -0.05) is 42.1 Å². The largest absolute Gasteiger partial charge is 0.378 e. The number of carbonyl (C=O) groups is 1. The van der Waals surface area contributed by atoms with Crippen LogP contribution in [0, 0.1) is 6.92 Å². The number of thioether (sulfide) groups is 1. The van der Waals surface area contributed by atoms with Crippen molar-refractivity contribution in [1.82, 2.24) is 15.4 Å². The zero-order valence-electron chi connectivity index (χ0n) is 14.6. The number of benzene rings is 1. The Hall–Kier alpha value is -2.45. The molecule has 0 saturated carbocycles. The molecular weight excluding hydrogens is 350 g/mol. The maximum atomic E-state index is 12.0. The van der Waals surface area contributed by atoms with Crippen LogP contribution in [0.3, 0.4) is 0 Å². The van der Waals surface area contributed by atoms with Gasteiger partial charge in [0.2, 0.25) is 11.9 Å². The maximum absolute atomic E-state index is 12.0. The fourth-order valence-electron chi connectivity index (χ4n) is 2.39. The second kappa shape index (κ2) is 9.30. The van der Waals surface area contributed by atoms with Gasteiger partial charge in [0.15, 0.2) is 0 Å². The van der Waals surface area contributed by atoms with Crippen molar-refractivity contribution in [2.45, 2.75) is 11.9 Å². The summed E-state index contributed by atoms with van der Waals surface area (Å²) in [5.74, 6) is 0.759. The van der Waals surface area contributed by atoms with E-state index in [9.17, 15) is 4.79 Å². The minimum atomic E-state index is -0.175. The highest BCUT2D eigenvalue weighted by Crippen LogP contribution is 2.20. The molecule has 1 amide bonds. The third-order valence-electron chi connectivity index (χ3n) is 3.67. The molecule has 1 aromatic carbocycles. The molecule has 0 aliphatic carbocycles. The first kappa shape index (κ1) is 18.3. The number of amides is 1. The van der Waals surface area contributed by atoms with Crippen LogP contribution in [-0.2, 0) is 9.53 Å². The summed E-state index contributed by atoms with van der Waals surface area (Å²) in [7, 11) is 0. The van der Waals surface area contributed by atoms with Gasteiger partial charge in [-0.3, -0.25) is 4.79 Å². The summed E-state index contributed by atoms with van der Waals surface area (Å²) in [5, 5.41) is 4.75. The van der Waals surface area contributed by atoms with Gasteiger partial charge < -0.3 is 9.64 Å².